The van der Waals surface area contributed by atoms with Crippen LogP contribution in [0.5, 0.6) is 0 Å². The molecule has 7 heteroatoms. The van der Waals surface area contributed by atoms with Gasteiger partial charge in [-0.15, -0.1) is 0 Å². The zero-order chi connectivity index (χ0) is 20.1. The van der Waals surface area contributed by atoms with Gasteiger partial charge in [0.1, 0.15) is 0 Å². The summed E-state index contributed by atoms with van der Waals surface area (Å²) in [6.45, 7) is 0. The van der Waals surface area contributed by atoms with Gasteiger partial charge in [0, 0.05) is 32.4 Å². The van der Waals surface area contributed by atoms with Gasteiger partial charge in [-0.1, -0.05) is 68.9 Å². The molecule has 28 heavy (non-hydrogen) atoms. The Labute approximate surface area is 189 Å². The average molecular weight is 509 g/mol. The fourth-order valence-corrected chi connectivity index (χ4v) is 4.49. The highest BCUT2D eigenvalue weighted by atomic mass is 79.9. The minimum absolute atomic E-state index is 0.262. The van der Waals surface area contributed by atoms with E-state index in [2.05, 4.69) is 15.9 Å². The summed E-state index contributed by atoms with van der Waals surface area (Å²) in [5, 5.41) is 13.0. The van der Waals surface area contributed by atoms with Crippen LogP contribution in [0.3, 0.4) is 0 Å². The second kappa shape index (κ2) is 10.6. The SMILES string of the molecule is OC(Cc1ccc(Cl)cc1)C1CCCC(OC(CBr)c2ccc(Cl)cc2Cl)O1. The molecule has 2 aromatic carbocycles. The van der Waals surface area contributed by atoms with Crippen LogP contribution in [0.1, 0.15) is 36.5 Å². The molecule has 4 atom stereocenters. The van der Waals surface area contributed by atoms with E-state index >= 15 is 0 Å². The lowest BCUT2D eigenvalue weighted by Crippen LogP contribution is -2.39. The summed E-state index contributed by atoms with van der Waals surface area (Å²) in [6, 6.07) is 12.9. The van der Waals surface area contributed by atoms with Crippen molar-refractivity contribution in [2.75, 3.05) is 5.33 Å². The van der Waals surface area contributed by atoms with Crippen molar-refractivity contribution in [3.05, 3.63) is 68.7 Å². The monoisotopic (exact) mass is 506 g/mol. The zero-order valence-corrected chi connectivity index (χ0v) is 19.0. The molecule has 1 aliphatic rings. The highest BCUT2D eigenvalue weighted by molar-refractivity contribution is 9.09. The first-order valence-electron chi connectivity index (χ1n) is 9.20. The van der Waals surface area contributed by atoms with E-state index in [9.17, 15) is 5.11 Å². The molecule has 1 fully saturated rings. The number of hydrogen-bond acceptors (Lipinski definition) is 3. The van der Waals surface area contributed by atoms with Crippen molar-refractivity contribution >= 4 is 50.7 Å². The summed E-state index contributed by atoms with van der Waals surface area (Å²) < 4.78 is 12.2. The first-order valence-corrected chi connectivity index (χ1v) is 11.5. The summed E-state index contributed by atoms with van der Waals surface area (Å²) in [7, 11) is 0. The van der Waals surface area contributed by atoms with Crippen LogP contribution in [0.25, 0.3) is 0 Å². The lowest BCUT2D eigenvalue weighted by atomic mass is 9.98. The highest BCUT2D eigenvalue weighted by Crippen LogP contribution is 2.33. The van der Waals surface area contributed by atoms with Crippen molar-refractivity contribution in [3.63, 3.8) is 0 Å². The van der Waals surface area contributed by atoms with Crippen LogP contribution in [-0.2, 0) is 15.9 Å². The van der Waals surface area contributed by atoms with Gasteiger partial charge >= 0.3 is 0 Å². The Kier molecular flexibility index (Phi) is 8.48. The first-order chi connectivity index (χ1) is 13.5. The number of hydrogen-bond donors (Lipinski definition) is 1. The van der Waals surface area contributed by atoms with Crippen molar-refractivity contribution in [2.24, 2.45) is 0 Å². The van der Waals surface area contributed by atoms with Crippen LogP contribution in [0.15, 0.2) is 42.5 Å². The molecule has 0 radical (unpaired) electrons. The first kappa shape index (κ1) is 22.4. The molecule has 2 aromatic rings. The Morgan fingerprint density at radius 1 is 1.07 bits per heavy atom. The van der Waals surface area contributed by atoms with Crippen molar-refractivity contribution in [3.8, 4) is 0 Å². The third-order valence-electron chi connectivity index (χ3n) is 4.81. The second-order valence-corrected chi connectivity index (χ2v) is 8.81. The third-order valence-corrected chi connectivity index (χ3v) is 6.21. The van der Waals surface area contributed by atoms with Gasteiger partial charge in [0.05, 0.1) is 18.3 Å². The summed E-state index contributed by atoms with van der Waals surface area (Å²) in [5.74, 6) is 0. The van der Waals surface area contributed by atoms with Crippen molar-refractivity contribution in [1.29, 1.82) is 0 Å². The number of alkyl halides is 1. The molecule has 1 N–H and O–H groups in total. The van der Waals surface area contributed by atoms with Crippen LogP contribution in [0.4, 0.5) is 0 Å². The molecule has 0 bridgehead atoms. The summed E-state index contributed by atoms with van der Waals surface area (Å²) in [4.78, 5) is 0. The van der Waals surface area contributed by atoms with Gasteiger partial charge in [-0.05, 0) is 49.1 Å². The number of aliphatic hydroxyl groups is 1. The molecule has 0 aromatic heterocycles. The molecule has 3 rings (SSSR count). The van der Waals surface area contributed by atoms with Gasteiger partial charge in [0.15, 0.2) is 6.29 Å². The minimum atomic E-state index is -0.603. The molecule has 1 aliphatic heterocycles. The Morgan fingerprint density at radius 2 is 1.79 bits per heavy atom. The molecule has 0 saturated carbocycles. The topological polar surface area (TPSA) is 38.7 Å². The lowest BCUT2D eigenvalue weighted by molar-refractivity contribution is -0.229. The number of aliphatic hydroxyl groups excluding tert-OH is 1. The lowest BCUT2D eigenvalue weighted by Gasteiger charge is -2.34. The molecule has 0 spiro atoms. The van der Waals surface area contributed by atoms with Crippen LogP contribution >= 0.6 is 50.7 Å². The van der Waals surface area contributed by atoms with E-state index in [1.807, 2.05) is 30.3 Å². The molecule has 152 valence electrons. The van der Waals surface area contributed by atoms with Gasteiger partial charge in [-0.25, -0.2) is 0 Å². The summed E-state index contributed by atoms with van der Waals surface area (Å²) >= 11 is 21.7. The molecule has 0 amide bonds. The van der Waals surface area contributed by atoms with Gasteiger partial charge in [0.25, 0.3) is 0 Å². The number of rotatable bonds is 7. The minimum Gasteiger partial charge on any atom is -0.390 e. The largest absolute Gasteiger partial charge is 0.390 e. The molecule has 0 aliphatic carbocycles. The number of benzene rings is 2. The summed E-state index contributed by atoms with van der Waals surface area (Å²) in [5.41, 5.74) is 1.88. The fourth-order valence-electron chi connectivity index (χ4n) is 3.33. The second-order valence-electron chi connectivity index (χ2n) is 6.88. The predicted octanol–water partition coefficient (Wildman–Crippen LogP) is 6.60. The van der Waals surface area contributed by atoms with Crippen molar-refractivity contribution in [2.45, 2.75) is 50.3 Å². The number of halogens is 4. The Bertz CT molecular complexity index is 772. The standard InChI is InChI=1S/C21H22BrCl3O3/c22-12-20(16-9-8-15(24)11-17(16)25)28-21-3-1-2-19(27-21)18(26)10-13-4-6-14(23)7-5-13/h4-9,11,18-21,26H,1-3,10,12H2. The van der Waals surface area contributed by atoms with E-state index in [4.69, 9.17) is 44.3 Å². The maximum absolute atomic E-state index is 10.6. The van der Waals surface area contributed by atoms with E-state index < -0.39 is 12.4 Å². The molecular formula is C21H22BrCl3O3. The fraction of sp³-hybridized carbons (Fsp3) is 0.429. The maximum Gasteiger partial charge on any atom is 0.158 e. The van der Waals surface area contributed by atoms with Crippen molar-refractivity contribution in [1.82, 2.24) is 0 Å². The van der Waals surface area contributed by atoms with Gasteiger partial charge in [0.2, 0.25) is 0 Å². The molecular weight excluding hydrogens is 486 g/mol. The molecule has 4 unspecified atom stereocenters. The molecule has 3 nitrogen and oxygen atoms in total. The smallest absolute Gasteiger partial charge is 0.158 e. The van der Waals surface area contributed by atoms with E-state index in [1.54, 1.807) is 12.1 Å². The van der Waals surface area contributed by atoms with Crippen LogP contribution in [0.2, 0.25) is 15.1 Å². The van der Waals surface area contributed by atoms with E-state index in [0.717, 1.165) is 30.4 Å². The van der Waals surface area contributed by atoms with E-state index in [1.165, 1.54) is 0 Å². The van der Waals surface area contributed by atoms with Crippen LogP contribution in [0, 0.1) is 0 Å². The molecule has 1 heterocycles. The average Bonchev–Trinajstić information content (AvgIpc) is 2.68. The third kappa shape index (κ3) is 6.09. The van der Waals surface area contributed by atoms with Gasteiger partial charge in [-0.2, -0.15) is 0 Å². The Balaban J connectivity index is 1.61. The van der Waals surface area contributed by atoms with Crippen LogP contribution in [-0.4, -0.2) is 28.9 Å². The van der Waals surface area contributed by atoms with Crippen molar-refractivity contribution < 1.29 is 14.6 Å². The quantitative estimate of drug-likeness (QED) is 0.429. The Morgan fingerprint density at radius 3 is 2.46 bits per heavy atom. The number of ether oxygens (including phenoxy) is 2. The zero-order valence-electron chi connectivity index (χ0n) is 15.2. The van der Waals surface area contributed by atoms with Gasteiger partial charge in [-0.3, -0.25) is 0 Å². The van der Waals surface area contributed by atoms with E-state index in [-0.39, 0.29) is 12.2 Å². The highest BCUT2D eigenvalue weighted by Gasteiger charge is 2.30. The summed E-state index contributed by atoms with van der Waals surface area (Å²) in [6.07, 6.45) is 1.49. The molecule has 1 saturated heterocycles. The van der Waals surface area contributed by atoms with Gasteiger partial charge < -0.3 is 14.6 Å². The maximum atomic E-state index is 10.6. The van der Waals surface area contributed by atoms with E-state index in [0.29, 0.717) is 26.8 Å². The Hall–Kier alpha value is -0.330. The predicted molar refractivity (Wildman–Crippen MR) is 118 cm³/mol. The normalized spacial score (nSPS) is 22.0. The van der Waals surface area contributed by atoms with Crippen LogP contribution < -0.4 is 0 Å².